The van der Waals surface area contributed by atoms with Gasteiger partial charge in [-0.1, -0.05) is 35.5 Å². The van der Waals surface area contributed by atoms with E-state index in [1.54, 1.807) is 10.9 Å². The van der Waals surface area contributed by atoms with Crippen molar-refractivity contribution in [3.05, 3.63) is 72.1 Å². The lowest BCUT2D eigenvalue weighted by Gasteiger charge is -2.34. The van der Waals surface area contributed by atoms with Crippen molar-refractivity contribution in [3.8, 4) is 0 Å². The molecule has 4 rings (SSSR count). The number of likely N-dealkylation sites (N-methyl/N-ethyl adjacent to an activating group) is 1. The van der Waals surface area contributed by atoms with Crippen molar-refractivity contribution in [1.82, 2.24) is 19.9 Å². The van der Waals surface area contributed by atoms with Crippen LogP contribution in [0.15, 0.2) is 60.8 Å². The number of carbonyl (C=O) groups excluding carboxylic acids is 1. The van der Waals surface area contributed by atoms with Gasteiger partial charge in [0.1, 0.15) is 0 Å². The van der Waals surface area contributed by atoms with Crippen LogP contribution in [0.25, 0.3) is 0 Å². The Bertz CT molecular complexity index is 914. The first-order chi connectivity index (χ1) is 13.7. The molecule has 28 heavy (non-hydrogen) atoms. The average molecular weight is 376 g/mol. The van der Waals surface area contributed by atoms with Crippen LogP contribution in [0.3, 0.4) is 0 Å². The standard InChI is InChI=1S/C21H24N6O/c1-25-11-13-26(14-12-25)19-9-7-18(8-10-19)22-21(28)20-16-27(24-23-20)15-17-5-3-2-4-6-17/h2-10,16H,11-15H2,1H3,(H,22,28). The van der Waals surface area contributed by atoms with Crippen molar-refractivity contribution in [3.63, 3.8) is 0 Å². The van der Waals surface area contributed by atoms with E-state index in [0.717, 1.165) is 37.4 Å². The molecule has 0 atom stereocenters. The lowest BCUT2D eigenvalue weighted by molar-refractivity contribution is 0.102. The molecule has 1 amide bonds. The van der Waals surface area contributed by atoms with Crippen LogP contribution in [-0.4, -0.2) is 59.0 Å². The third-order valence-corrected chi connectivity index (χ3v) is 4.95. The summed E-state index contributed by atoms with van der Waals surface area (Å²) in [6, 6.07) is 17.9. The Labute approximate surface area is 164 Å². The van der Waals surface area contributed by atoms with Crippen molar-refractivity contribution in [2.24, 2.45) is 0 Å². The van der Waals surface area contributed by atoms with Gasteiger partial charge < -0.3 is 15.1 Å². The predicted molar refractivity (Wildman–Crippen MR) is 110 cm³/mol. The van der Waals surface area contributed by atoms with Crippen molar-refractivity contribution in [2.45, 2.75) is 6.54 Å². The molecule has 0 saturated carbocycles. The van der Waals surface area contributed by atoms with E-state index < -0.39 is 0 Å². The molecule has 1 aromatic heterocycles. The van der Waals surface area contributed by atoms with E-state index in [9.17, 15) is 4.79 Å². The highest BCUT2D eigenvalue weighted by Gasteiger charge is 2.15. The maximum atomic E-state index is 12.5. The molecule has 7 nitrogen and oxygen atoms in total. The van der Waals surface area contributed by atoms with Crippen molar-refractivity contribution >= 4 is 17.3 Å². The normalized spacial score (nSPS) is 14.8. The molecular formula is C21H24N6O. The van der Waals surface area contributed by atoms with E-state index in [0.29, 0.717) is 12.2 Å². The minimum absolute atomic E-state index is 0.258. The van der Waals surface area contributed by atoms with E-state index >= 15 is 0 Å². The van der Waals surface area contributed by atoms with Crippen LogP contribution < -0.4 is 10.2 Å². The molecule has 144 valence electrons. The second-order valence-corrected chi connectivity index (χ2v) is 7.08. The fourth-order valence-corrected chi connectivity index (χ4v) is 3.27. The molecule has 2 heterocycles. The maximum absolute atomic E-state index is 12.5. The van der Waals surface area contributed by atoms with Crippen LogP contribution in [0.2, 0.25) is 0 Å². The lowest BCUT2D eigenvalue weighted by Crippen LogP contribution is -2.44. The van der Waals surface area contributed by atoms with Gasteiger partial charge in [-0.3, -0.25) is 4.79 Å². The highest BCUT2D eigenvalue weighted by molar-refractivity contribution is 6.02. The van der Waals surface area contributed by atoms with Gasteiger partial charge in [-0.05, 0) is 36.9 Å². The summed E-state index contributed by atoms with van der Waals surface area (Å²) in [5.41, 5.74) is 3.35. The molecule has 7 heteroatoms. The van der Waals surface area contributed by atoms with Gasteiger partial charge in [0.25, 0.3) is 5.91 Å². The van der Waals surface area contributed by atoms with E-state index in [1.807, 2.05) is 54.6 Å². The monoisotopic (exact) mass is 376 g/mol. The van der Waals surface area contributed by atoms with Crippen molar-refractivity contribution in [2.75, 3.05) is 43.4 Å². The molecular weight excluding hydrogens is 352 g/mol. The largest absolute Gasteiger partial charge is 0.369 e. The Morgan fingerprint density at radius 1 is 1.00 bits per heavy atom. The Balaban J connectivity index is 1.36. The smallest absolute Gasteiger partial charge is 0.277 e. The number of hydrogen-bond donors (Lipinski definition) is 1. The van der Waals surface area contributed by atoms with Gasteiger partial charge in [0.2, 0.25) is 0 Å². The summed E-state index contributed by atoms with van der Waals surface area (Å²) in [7, 11) is 2.14. The van der Waals surface area contributed by atoms with Crippen LogP contribution >= 0.6 is 0 Å². The summed E-state index contributed by atoms with van der Waals surface area (Å²) in [5, 5.41) is 10.9. The molecule has 1 saturated heterocycles. The van der Waals surface area contributed by atoms with E-state index in [-0.39, 0.29) is 5.91 Å². The Hall–Kier alpha value is -3.19. The Morgan fingerprint density at radius 3 is 2.43 bits per heavy atom. The van der Waals surface area contributed by atoms with E-state index in [2.05, 4.69) is 32.5 Å². The second-order valence-electron chi connectivity index (χ2n) is 7.08. The molecule has 1 aliphatic rings. The van der Waals surface area contributed by atoms with Crippen LogP contribution in [0, 0.1) is 0 Å². The number of piperazine rings is 1. The number of benzene rings is 2. The van der Waals surface area contributed by atoms with Gasteiger partial charge >= 0.3 is 0 Å². The van der Waals surface area contributed by atoms with Crippen LogP contribution in [0.5, 0.6) is 0 Å². The molecule has 0 spiro atoms. The first-order valence-corrected chi connectivity index (χ1v) is 9.46. The number of hydrogen-bond acceptors (Lipinski definition) is 5. The van der Waals surface area contributed by atoms with Gasteiger partial charge in [-0.2, -0.15) is 0 Å². The fraction of sp³-hybridized carbons (Fsp3) is 0.286. The molecule has 0 unspecified atom stereocenters. The number of rotatable bonds is 5. The second kappa shape index (κ2) is 8.22. The number of nitrogens with zero attached hydrogens (tertiary/aromatic N) is 5. The van der Waals surface area contributed by atoms with Crippen LogP contribution in [-0.2, 0) is 6.54 Å². The summed E-state index contributed by atoms with van der Waals surface area (Å²) in [6.45, 7) is 4.76. The predicted octanol–water partition coefficient (Wildman–Crippen LogP) is 2.33. The maximum Gasteiger partial charge on any atom is 0.277 e. The SMILES string of the molecule is CN1CCN(c2ccc(NC(=O)c3cn(Cc4ccccc4)nn3)cc2)CC1. The topological polar surface area (TPSA) is 66.3 Å². The summed E-state index contributed by atoms with van der Waals surface area (Å²) in [4.78, 5) is 17.2. The number of amides is 1. The zero-order valence-corrected chi connectivity index (χ0v) is 16.0. The zero-order valence-electron chi connectivity index (χ0n) is 16.0. The zero-order chi connectivity index (χ0) is 19.3. The lowest BCUT2D eigenvalue weighted by atomic mass is 10.2. The van der Waals surface area contributed by atoms with E-state index in [1.165, 1.54) is 5.69 Å². The summed E-state index contributed by atoms with van der Waals surface area (Å²) in [6.07, 6.45) is 1.67. The first-order valence-electron chi connectivity index (χ1n) is 9.46. The summed E-state index contributed by atoms with van der Waals surface area (Å²) < 4.78 is 1.67. The number of anilines is 2. The molecule has 1 aliphatic heterocycles. The van der Waals surface area contributed by atoms with E-state index in [4.69, 9.17) is 0 Å². The van der Waals surface area contributed by atoms with Gasteiger partial charge in [-0.15, -0.1) is 5.10 Å². The Morgan fingerprint density at radius 2 is 1.71 bits per heavy atom. The molecule has 1 N–H and O–H groups in total. The molecule has 0 bridgehead atoms. The van der Waals surface area contributed by atoms with Crippen molar-refractivity contribution < 1.29 is 4.79 Å². The molecule has 0 radical (unpaired) electrons. The highest BCUT2D eigenvalue weighted by Crippen LogP contribution is 2.19. The molecule has 2 aromatic carbocycles. The molecule has 1 fully saturated rings. The van der Waals surface area contributed by atoms with Crippen LogP contribution in [0.4, 0.5) is 11.4 Å². The minimum Gasteiger partial charge on any atom is -0.369 e. The fourth-order valence-electron chi connectivity index (χ4n) is 3.27. The first kappa shape index (κ1) is 18.2. The van der Waals surface area contributed by atoms with Gasteiger partial charge in [0.05, 0.1) is 12.7 Å². The van der Waals surface area contributed by atoms with Crippen LogP contribution in [0.1, 0.15) is 16.1 Å². The number of carbonyl (C=O) groups is 1. The third-order valence-electron chi connectivity index (χ3n) is 4.95. The van der Waals surface area contributed by atoms with Gasteiger partial charge in [0.15, 0.2) is 5.69 Å². The third kappa shape index (κ3) is 4.37. The average Bonchev–Trinajstić information content (AvgIpc) is 3.19. The van der Waals surface area contributed by atoms with Gasteiger partial charge in [0, 0.05) is 37.6 Å². The van der Waals surface area contributed by atoms with Gasteiger partial charge in [-0.25, -0.2) is 4.68 Å². The quantitative estimate of drug-likeness (QED) is 0.740. The summed E-state index contributed by atoms with van der Waals surface area (Å²) in [5.74, 6) is -0.258. The number of aromatic nitrogens is 3. The molecule has 3 aromatic rings. The Kier molecular flexibility index (Phi) is 5.34. The molecule has 0 aliphatic carbocycles. The highest BCUT2D eigenvalue weighted by atomic mass is 16.2. The van der Waals surface area contributed by atoms with Crippen molar-refractivity contribution in [1.29, 1.82) is 0 Å². The minimum atomic E-state index is -0.258. The summed E-state index contributed by atoms with van der Waals surface area (Å²) >= 11 is 0. The number of nitrogens with one attached hydrogen (secondary N) is 1.